The van der Waals surface area contributed by atoms with Crippen LogP contribution < -0.4 is 10.6 Å². The van der Waals surface area contributed by atoms with E-state index in [1.807, 2.05) is 35.2 Å². The smallest absolute Gasteiger partial charge is 0.223 e. The summed E-state index contributed by atoms with van der Waals surface area (Å²) in [5.74, 6) is 0.367. The molecule has 2 saturated heterocycles. The summed E-state index contributed by atoms with van der Waals surface area (Å²) in [7, 11) is 0. The highest BCUT2D eigenvalue weighted by Crippen LogP contribution is 2.21. The molecule has 2 amide bonds. The number of carbonyl (C=O) groups excluding carboxylic acids is 2. The molecule has 0 aromatic heterocycles. The Kier molecular flexibility index (Phi) is 5.51. The lowest BCUT2D eigenvalue weighted by atomic mass is 9.92. The zero-order chi connectivity index (χ0) is 16.9. The normalized spacial score (nSPS) is 25.5. The summed E-state index contributed by atoms with van der Waals surface area (Å²) in [6.07, 6.45) is 3.29. The summed E-state index contributed by atoms with van der Waals surface area (Å²) in [5.41, 5.74) is 1.06. The van der Waals surface area contributed by atoms with E-state index in [4.69, 9.17) is 0 Å². The minimum absolute atomic E-state index is 0.0572. The molecule has 2 heterocycles. The van der Waals surface area contributed by atoms with Crippen LogP contribution in [0.15, 0.2) is 30.3 Å². The first kappa shape index (κ1) is 17.0. The van der Waals surface area contributed by atoms with Gasteiger partial charge in [0.15, 0.2) is 0 Å². The van der Waals surface area contributed by atoms with E-state index < -0.39 is 0 Å². The molecule has 1 unspecified atom stereocenters. The maximum Gasteiger partial charge on any atom is 0.223 e. The van der Waals surface area contributed by atoms with E-state index in [-0.39, 0.29) is 23.8 Å². The van der Waals surface area contributed by atoms with Crippen LogP contribution in [0, 0.1) is 5.92 Å². The van der Waals surface area contributed by atoms with Crippen LogP contribution in [-0.2, 0) is 9.59 Å². The van der Waals surface area contributed by atoms with Crippen molar-refractivity contribution in [3.63, 3.8) is 0 Å². The Balaban J connectivity index is 1.69. The quantitative estimate of drug-likeness (QED) is 0.867. The van der Waals surface area contributed by atoms with Gasteiger partial charge in [0.05, 0.1) is 6.04 Å². The summed E-state index contributed by atoms with van der Waals surface area (Å²) in [6.45, 7) is 4.37. The molecule has 3 atom stereocenters. The number of nitrogens with one attached hydrogen (secondary N) is 2. The van der Waals surface area contributed by atoms with Crippen LogP contribution in [0.5, 0.6) is 0 Å². The molecule has 130 valence electrons. The molecule has 0 radical (unpaired) electrons. The van der Waals surface area contributed by atoms with Crippen molar-refractivity contribution in [1.82, 2.24) is 15.5 Å². The predicted molar refractivity (Wildman–Crippen MR) is 93.3 cm³/mol. The lowest BCUT2D eigenvalue weighted by Gasteiger charge is -2.30. The van der Waals surface area contributed by atoms with Gasteiger partial charge in [0.1, 0.15) is 0 Å². The number of benzene rings is 1. The van der Waals surface area contributed by atoms with Crippen molar-refractivity contribution in [1.29, 1.82) is 0 Å². The number of piperidine rings is 1. The second-order valence-electron chi connectivity index (χ2n) is 6.99. The molecule has 3 rings (SSSR count). The molecule has 2 N–H and O–H groups in total. The predicted octanol–water partition coefficient (Wildman–Crippen LogP) is 1.85. The molecule has 1 aromatic rings. The minimum Gasteiger partial charge on any atom is -0.347 e. The maximum atomic E-state index is 12.7. The van der Waals surface area contributed by atoms with Gasteiger partial charge < -0.3 is 15.5 Å². The molecule has 0 bridgehead atoms. The SMILES string of the molecule is C[C@H]1C[C@@H](C(=O)NC(CN2CCCC2=O)c2ccccc2)CCN1. The van der Waals surface area contributed by atoms with E-state index >= 15 is 0 Å². The Labute approximate surface area is 143 Å². The van der Waals surface area contributed by atoms with Gasteiger partial charge in [-0.2, -0.15) is 0 Å². The topological polar surface area (TPSA) is 61.4 Å². The first-order valence-corrected chi connectivity index (χ1v) is 9.00. The fourth-order valence-corrected chi connectivity index (χ4v) is 3.70. The van der Waals surface area contributed by atoms with Crippen molar-refractivity contribution in [2.24, 2.45) is 5.92 Å². The number of hydrogen-bond donors (Lipinski definition) is 2. The van der Waals surface area contributed by atoms with Crippen LogP contribution in [0.3, 0.4) is 0 Å². The minimum atomic E-state index is -0.133. The molecule has 24 heavy (non-hydrogen) atoms. The first-order chi connectivity index (χ1) is 11.6. The summed E-state index contributed by atoms with van der Waals surface area (Å²) in [5, 5.41) is 6.59. The van der Waals surface area contributed by atoms with Crippen molar-refractivity contribution in [2.75, 3.05) is 19.6 Å². The third-order valence-electron chi connectivity index (χ3n) is 5.09. The van der Waals surface area contributed by atoms with E-state index in [1.165, 1.54) is 0 Å². The molecule has 1 aromatic carbocycles. The van der Waals surface area contributed by atoms with Gasteiger partial charge in [-0.1, -0.05) is 30.3 Å². The molecule has 5 nitrogen and oxygen atoms in total. The van der Waals surface area contributed by atoms with E-state index in [1.54, 1.807) is 0 Å². The third kappa shape index (κ3) is 4.15. The second kappa shape index (κ2) is 7.79. The molecule has 2 aliphatic rings. The highest BCUT2D eigenvalue weighted by molar-refractivity contribution is 5.80. The Morgan fingerprint density at radius 1 is 1.38 bits per heavy atom. The summed E-state index contributed by atoms with van der Waals surface area (Å²) in [4.78, 5) is 26.6. The Morgan fingerprint density at radius 3 is 2.83 bits per heavy atom. The zero-order valence-corrected chi connectivity index (χ0v) is 14.3. The highest BCUT2D eigenvalue weighted by atomic mass is 16.2. The van der Waals surface area contributed by atoms with Gasteiger partial charge in [-0.25, -0.2) is 0 Å². The average molecular weight is 329 g/mol. The molecule has 5 heteroatoms. The average Bonchev–Trinajstić information content (AvgIpc) is 3.00. The Hall–Kier alpha value is -1.88. The third-order valence-corrected chi connectivity index (χ3v) is 5.09. The summed E-state index contributed by atoms with van der Waals surface area (Å²) < 4.78 is 0. The maximum absolute atomic E-state index is 12.7. The Morgan fingerprint density at radius 2 is 2.17 bits per heavy atom. The van der Waals surface area contributed by atoms with Gasteiger partial charge in [-0.15, -0.1) is 0 Å². The van der Waals surface area contributed by atoms with Crippen LogP contribution in [-0.4, -0.2) is 42.4 Å². The van der Waals surface area contributed by atoms with Crippen molar-refractivity contribution in [3.8, 4) is 0 Å². The van der Waals surface area contributed by atoms with Crippen molar-refractivity contribution >= 4 is 11.8 Å². The number of amides is 2. The van der Waals surface area contributed by atoms with E-state index in [9.17, 15) is 9.59 Å². The molecule has 2 fully saturated rings. The lowest BCUT2D eigenvalue weighted by Crippen LogP contribution is -2.45. The standard InChI is InChI=1S/C19H27N3O2/c1-14-12-16(9-10-20-14)19(24)21-17(15-6-3-2-4-7-15)13-22-11-5-8-18(22)23/h2-4,6-7,14,16-17,20H,5,8-13H2,1H3,(H,21,24)/t14-,16-,17?/m0/s1. The lowest BCUT2D eigenvalue weighted by molar-refractivity contribution is -0.130. The van der Waals surface area contributed by atoms with Gasteiger partial charge in [0.25, 0.3) is 0 Å². The van der Waals surface area contributed by atoms with Gasteiger partial charge in [0, 0.05) is 31.5 Å². The van der Waals surface area contributed by atoms with E-state index in [0.29, 0.717) is 19.0 Å². The molecule has 0 saturated carbocycles. The molecular weight excluding hydrogens is 302 g/mol. The van der Waals surface area contributed by atoms with Gasteiger partial charge in [-0.3, -0.25) is 9.59 Å². The molecule has 0 aliphatic carbocycles. The number of rotatable bonds is 5. The first-order valence-electron chi connectivity index (χ1n) is 9.00. The van der Waals surface area contributed by atoms with Gasteiger partial charge in [-0.05, 0) is 38.3 Å². The van der Waals surface area contributed by atoms with Crippen LogP contribution in [0.4, 0.5) is 0 Å². The highest BCUT2D eigenvalue weighted by Gasteiger charge is 2.29. The van der Waals surface area contributed by atoms with E-state index in [0.717, 1.165) is 37.9 Å². The summed E-state index contributed by atoms with van der Waals surface area (Å²) in [6, 6.07) is 10.2. The molecule has 0 spiro atoms. The zero-order valence-electron chi connectivity index (χ0n) is 14.3. The number of nitrogens with zero attached hydrogens (tertiary/aromatic N) is 1. The van der Waals surface area contributed by atoms with Crippen LogP contribution in [0.2, 0.25) is 0 Å². The monoisotopic (exact) mass is 329 g/mol. The van der Waals surface area contributed by atoms with Crippen molar-refractivity contribution in [2.45, 2.75) is 44.7 Å². The van der Waals surface area contributed by atoms with Gasteiger partial charge >= 0.3 is 0 Å². The van der Waals surface area contributed by atoms with Crippen LogP contribution in [0.1, 0.15) is 44.2 Å². The molecular formula is C19H27N3O2. The number of carbonyl (C=O) groups is 2. The second-order valence-corrected chi connectivity index (χ2v) is 6.99. The van der Waals surface area contributed by atoms with Gasteiger partial charge in [0.2, 0.25) is 11.8 Å². The molecule has 2 aliphatic heterocycles. The van der Waals surface area contributed by atoms with Crippen molar-refractivity contribution < 1.29 is 9.59 Å². The largest absolute Gasteiger partial charge is 0.347 e. The summed E-state index contributed by atoms with van der Waals surface area (Å²) >= 11 is 0. The van der Waals surface area contributed by atoms with E-state index in [2.05, 4.69) is 17.6 Å². The number of likely N-dealkylation sites (tertiary alicyclic amines) is 1. The number of hydrogen-bond acceptors (Lipinski definition) is 3. The fourth-order valence-electron chi connectivity index (χ4n) is 3.70. The fraction of sp³-hybridized carbons (Fsp3) is 0.579. The van der Waals surface area contributed by atoms with Crippen LogP contribution >= 0.6 is 0 Å². The Bertz CT molecular complexity index is 575. The van der Waals surface area contributed by atoms with Crippen molar-refractivity contribution in [3.05, 3.63) is 35.9 Å². The van der Waals surface area contributed by atoms with Crippen LogP contribution in [0.25, 0.3) is 0 Å².